The van der Waals surface area contributed by atoms with Crippen LogP contribution in [-0.4, -0.2) is 11.7 Å². The Morgan fingerprint density at radius 1 is 1.29 bits per heavy atom. The molecule has 0 bridgehead atoms. The van der Waals surface area contributed by atoms with Gasteiger partial charge in [0.1, 0.15) is 0 Å². The Hall–Kier alpha value is -0.340. The van der Waals surface area contributed by atoms with Gasteiger partial charge < -0.3 is 5.11 Å². The van der Waals surface area contributed by atoms with Crippen molar-refractivity contribution >= 4 is 15.9 Å². The van der Waals surface area contributed by atoms with Gasteiger partial charge in [-0.15, -0.1) is 0 Å². The maximum absolute atomic E-state index is 9.22. The van der Waals surface area contributed by atoms with Gasteiger partial charge in [-0.3, -0.25) is 0 Å². The van der Waals surface area contributed by atoms with Gasteiger partial charge in [0.15, 0.2) is 0 Å². The second-order valence-electron chi connectivity index (χ2n) is 4.64. The highest BCUT2D eigenvalue weighted by atomic mass is 79.9. The van der Waals surface area contributed by atoms with Crippen LogP contribution in [0.2, 0.25) is 0 Å². The third-order valence-corrected chi connectivity index (χ3v) is 4.00. The lowest BCUT2D eigenvalue weighted by atomic mass is 10.0. The van der Waals surface area contributed by atoms with Crippen LogP contribution in [0, 0.1) is 11.3 Å². The van der Waals surface area contributed by atoms with Gasteiger partial charge in [0.05, 0.1) is 0 Å². The van der Waals surface area contributed by atoms with Crippen molar-refractivity contribution in [3.8, 4) is 0 Å². The van der Waals surface area contributed by atoms with Gasteiger partial charge in [0.25, 0.3) is 0 Å². The largest absolute Gasteiger partial charge is 0.396 e. The van der Waals surface area contributed by atoms with Crippen molar-refractivity contribution < 1.29 is 5.11 Å². The quantitative estimate of drug-likeness (QED) is 0.860. The van der Waals surface area contributed by atoms with Crippen molar-refractivity contribution in [3.63, 3.8) is 0 Å². The molecule has 0 aliphatic heterocycles. The van der Waals surface area contributed by atoms with E-state index in [1.165, 1.54) is 5.56 Å². The van der Waals surface area contributed by atoms with Crippen molar-refractivity contribution in [3.05, 3.63) is 34.3 Å². The predicted octanol–water partition coefficient (Wildman–Crippen LogP) is 3.18. The normalized spacial score (nSPS) is 28.9. The molecular formula is C12H15BrO. The van der Waals surface area contributed by atoms with Crippen LogP contribution in [0.3, 0.4) is 0 Å². The lowest BCUT2D eigenvalue weighted by Crippen LogP contribution is -1.93. The fraction of sp³-hybridized carbons (Fsp3) is 0.500. The molecule has 1 aromatic rings. The average molecular weight is 255 g/mol. The van der Waals surface area contributed by atoms with Crippen LogP contribution in [0.5, 0.6) is 0 Å². The van der Waals surface area contributed by atoms with E-state index in [1.807, 2.05) is 0 Å². The molecule has 0 radical (unpaired) electrons. The summed E-state index contributed by atoms with van der Waals surface area (Å²) in [5, 5.41) is 9.22. The highest BCUT2D eigenvalue weighted by Gasteiger charge is 2.57. The summed E-state index contributed by atoms with van der Waals surface area (Å²) in [6.07, 6.45) is 0. The third kappa shape index (κ3) is 1.51. The summed E-state index contributed by atoms with van der Waals surface area (Å²) < 4.78 is 1.11. The minimum atomic E-state index is 0.266. The first-order valence-electron chi connectivity index (χ1n) is 4.93. The minimum Gasteiger partial charge on any atom is -0.396 e. The molecule has 2 atom stereocenters. The van der Waals surface area contributed by atoms with Crippen molar-refractivity contribution in [2.45, 2.75) is 19.8 Å². The van der Waals surface area contributed by atoms with E-state index < -0.39 is 0 Å². The molecule has 2 rings (SSSR count). The zero-order valence-electron chi connectivity index (χ0n) is 8.50. The number of hydrogen-bond donors (Lipinski definition) is 1. The number of benzene rings is 1. The molecule has 1 aromatic carbocycles. The summed E-state index contributed by atoms with van der Waals surface area (Å²) >= 11 is 3.43. The van der Waals surface area contributed by atoms with Gasteiger partial charge in [-0.05, 0) is 34.9 Å². The van der Waals surface area contributed by atoms with E-state index >= 15 is 0 Å². The van der Waals surface area contributed by atoms with Gasteiger partial charge in [-0.2, -0.15) is 0 Å². The lowest BCUT2D eigenvalue weighted by molar-refractivity contribution is 0.257. The van der Waals surface area contributed by atoms with Crippen LogP contribution in [0.1, 0.15) is 25.3 Å². The molecule has 0 heterocycles. The summed E-state index contributed by atoms with van der Waals surface area (Å²) in [6, 6.07) is 8.43. The number of rotatable bonds is 2. The molecular weight excluding hydrogens is 240 g/mol. The number of aliphatic hydroxyl groups is 1. The van der Waals surface area contributed by atoms with E-state index in [4.69, 9.17) is 0 Å². The Morgan fingerprint density at radius 3 is 2.29 bits per heavy atom. The van der Waals surface area contributed by atoms with E-state index in [9.17, 15) is 5.11 Å². The summed E-state index contributed by atoms with van der Waals surface area (Å²) in [5.74, 6) is 0.962. The van der Waals surface area contributed by atoms with Gasteiger partial charge in [0, 0.05) is 11.1 Å². The van der Waals surface area contributed by atoms with E-state index in [0.29, 0.717) is 18.4 Å². The van der Waals surface area contributed by atoms with E-state index in [2.05, 4.69) is 54.0 Å². The number of halogens is 1. The highest BCUT2D eigenvalue weighted by Crippen LogP contribution is 2.63. The Balaban J connectivity index is 2.22. The summed E-state index contributed by atoms with van der Waals surface area (Å²) in [4.78, 5) is 0. The average Bonchev–Trinajstić information content (AvgIpc) is 2.69. The molecule has 1 aliphatic carbocycles. The topological polar surface area (TPSA) is 20.2 Å². The van der Waals surface area contributed by atoms with Crippen molar-refractivity contribution in [2.24, 2.45) is 11.3 Å². The third-order valence-electron chi connectivity index (χ3n) is 3.48. The molecule has 1 saturated carbocycles. The zero-order valence-corrected chi connectivity index (χ0v) is 10.1. The first-order valence-corrected chi connectivity index (χ1v) is 5.73. The second-order valence-corrected chi connectivity index (χ2v) is 5.56. The molecule has 1 nitrogen and oxygen atoms in total. The summed E-state index contributed by atoms with van der Waals surface area (Å²) in [5.41, 5.74) is 1.61. The van der Waals surface area contributed by atoms with Gasteiger partial charge >= 0.3 is 0 Å². The van der Waals surface area contributed by atoms with Crippen LogP contribution >= 0.6 is 15.9 Å². The molecule has 76 valence electrons. The SMILES string of the molecule is CC1(C)[C@H](CO)[C@H]1c1ccc(Br)cc1. The first-order chi connectivity index (χ1) is 6.57. The summed E-state index contributed by atoms with van der Waals surface area (Å²) in [6.45, 7) is 4.74. The molecule has 1 fully saturated rings. The Kier molecular flexibility index (Phi) is 2.44. The molecule has 0 aromatic heterocycles. The maximum Gasteiger partial charge on any atom is 0.0470 e. The van der Waals surface area contributed by atoms with E-state index in [0.717, 1.165) is 4.47 Å². The first kappa shape index (κ1) is 10.2. The predicted molar refractivity (Wildman–Crippen MR) is 61.2 cm³/mol. The van der Waals surface area contributed by atoms with Crippen molar-refractivity contribution in [2.75, 3.05) is 6.61 Å². The van der Waals surface area contributed by atoms with Crippen molar-refractivity contribution in [1.82, 2.24) is 0 Å². The van der Waals surface area contributed by atoms with Crippen LogP contribution in [0.4, 0.5) is 0 Å². The van der Waals surface area contributed by atoms with Crippen LogP contribution < -0.4 is 0 Å². The number of aliphatic hydroxyl groups excluding tert-OH is 1. The molecule has 0 spiro atoms. The standard InChI is InChI=1S/C12H15BrO/c1-12(2)10(7-14)11(12)8-3-5-9(13)6-4-8/h3-6,10-11,14H,7H2,1-2H3/t10-,11-/m1/s1. The summed E-state index contributed by atoms with van der Waals surface area (Å²) in [7, 11) is 0. The zero-order chi connectivity index (χ0) is 10.3. The van der Waals surface area contributed by atoms with Gasteiger partial charge in [-0.1, -0.05) is 41.9 Å². The van der Waals surface area contributed by atoms with Crippen LogP contribution in [0.15, 0.2) is 28.7 Å². The molecule has 0 amide bonds. The smallest absolute Gasteiger partial charge is 0.0470 e. The monoisotopic (exact) mass is 254 g/mol. The maximum atomic E-state index is 9.22. The molecule has 2 heteroatoms. The molecule has 1 N–H and O–H groups in total. The lowest BCUT2D eigenvalue weighted by Gasteiger charge is -2.02. The van der Waals surface area contributed by atoms with Crippen molar-refractivity contribution in [1.29, 1.82) is 0 Å². The highest BCUT2D eigenvalue weighted by molar-refractivity contribution is 9.10. The van der Waals surface area contributed by atoms with Gasteiger partial charge in [0.2, 0.25) is 0 Å². The van der Waals surface area contributed by atoms with Crippen LogP contribution in [0.25, 0.3) is 0 Å². The fourth-order valence-electron chi connectivity index (χ4n) is 2.42. The second kappa shape index (κ2) is 3.35. The molecule has 0 saturated heterocycles. The Morgan fingerprint density at radius 2 is 1.86 bits per heavy atom. The van der Waals surface area contributed by atoms with E-state index in [-0.39, 0.29) is 5.41 Å². The number of hydrogen-bond acceptors (Lipinski definition) is 1. The molecule has 1 aliphatic rings. The molecule has 14 heavy (non-hydrogen) atoms. The Bertz CT molecular complexity index is 329. The Labute approximate surface area is 93.3 Å². The molecule has 0 unspecified atom stereocenters. The fourth-order valence-corrected chi connectivity index (χ4v) is 2.68. The van der Waals surface area contributed by atoms with Gasteiger partial charge in [-0.25, -0.2) is 0 Å². The minimum absolute atomic E-state index is 0.266. The van der Waals surface area contributed by atoms with E-state index in [1.54, 1.807) is 0 Å². The van der Waals surface area contributed by atoms with Crippen LogP contribution in [-0.2, 0) is 0 Å².